The van der Waals surface area contributed by atoms with Crippen molar-refractivity contribution in [1.82, 2.24) is 19.1 Å². The summed E-state index contributed by atoms with van der Waals surface area (Å²) in [6, 6.07) is 61.2. The van der Waals surface area contributed by atoms with Gasteiger partial charge in [-0.15, -0.1) is 11.3 Å². The molecule has 0 saturated heterocycles. The van der Waals surface area contributed by atoms with Crippen LogP contribution in [-0.2, 0) is 0 Å². The second-order valence-corrected chi connectivity index (χ2v) is 16.4. The number of rotatable bonds is 2. The Hall–Kier alpha value is -7.54. The number of hydrogen-bond donors (Lipinski definition) is 0. The maximum atomic E-state index is 6.67. The molecule has 0 atom stereocenters. The molecule has 0 spiro atoms. The quantitative estimate of drug-likeness (QED) is 0.176. The van der Waals surface area contributed by atoms with E-state index in [2.05, 4.69) is 167 Å². The van der Waals surface area contributed by atoms with Crippen molar-refractivity contribution in [3.63, 3.8) is 0 Å². The van der Waals surface area contributed by atoms with Crippen molar-refractivity contribution in [2.75, 3.05) is 0 Å². The molecule has 0 aliphatic carbocycles. The van der Waals surface area contributed by atoms with Crippen LogP contribution in [0.3, 0.4) is 0 Å². The fourth-order valence-corrected chi connectivity index (χ4v) is 11.0. The van der Waals surface area contributed by atoms with E-state index in [-0.39, 0.29) is 0 Å². The van der Waals surface area contributed by atoms with Crippen LogP contribution < -0.4 is 0 Å². The zero-order valence-electron chi connectivity index (χ0n) is 30.8. The molecule has 0 N–H and O–H groups in total. The predicted octanol–water partition coefficient (Wildman–Crippen LogP) is 14.3. The van der Waals surface area contributed by atoms with Crippen molar-refractivity contribution in [3.05, 3.63) is 170 Å². The summed E-state index contributed by atoms with van der Waals surface area (Å²) >= 11 is 1.82. The highest BCUT2D eigenvalue weighted by Gasteiger charge is 2.30. The molecule has 1 aliphatic rings. The molecule has 14 rings (SSSR count). The van der Waals surface area contributed by atoms with Crippen molar-refractivity contribution in [2.24, 2.45) is 0 Å². The van der Waals surface area contributed by atoms with E-state index in [9.17, 15) is 0 Å². The summed E-state index contributed by atoms with van der Waals surface area (Å²) in [6.45, 7) is 0. The van der Waals surface area contributed by atoms with Gasteiger partial charge in [-0.05, 0) is 65.7 Å². The molecule has 0 radical (unpaired) electrons. The summed E-state index contributed by atoms with van der Waals surface area (Å²) in [4.78, 5) is 11.0. The number of para-hydroxylation sites is 4. The molecule has 0 bridgehead atoms. The zero-order valence-corrected chi connectivity index (χ0v) is 31.6. The fraction of sp³-hybridized carbons (Fsp3) is 0. The van der Waals surface area contributed by atoms with Crippen molar-refractivity contribution in [3.8, 4) is 45.1 Å². The number of nitrogens with zero attached hydrogens (tertiary/aromatic N) is 4. The first-order chi connectivity index (χ1) is 28.8. The van der Waals surface area contributed by atoms with Crippen molar-refractivity contribution in [2.45, 2.75) is 0 Å². The summed E-state index contributed by atoms with van der Waals surface area (Å²) in [7, 11) is 0. The van der Waals surface area contributed by atoms with E-state index in [4.69, 9.17) is 14.4 Å². The van der Waals surface area contributed by atoms with Gasteiger partial charge >= 0.3 is 0 Å². The first-order valence-corrected chi connectivity index (χ1v) is 20.4. The first kappa shape index (κ1) is 30.7. The van der Waals surface area contributed by atoms with Gasteiger partial charge in [0, 0.05) is 63.8 Å². The molecule has 6 heterocycles. The minimum atomic E-state index is 0.607. The van der Waals surface area contributed by atoms with E-state index in [0.717, 1.165) is 44.2 Å². The van der Waals surface area contributed by atoms with Crippen molar-refractivity contribution < 1.29 is 4.42 Å². The molecule has 5 aromatic heterocycles. The largest absolute Gasteiger partial charge is 0.452 e. The molecule has 0 fully saturated rings. The molecule has 0 saturated carbocycles. The van der Waals surface area contributed by atoms with E-state index < -0.39 is 0 Å². The van der Waals surface area contributed by atoms with Crippen molar-refractivity contribution in [1.29, 1.82) is 0 Å². The number of aromatic nitrogens is 4. The molecule has 8 aromatic carbocycles. The molecule has 58 heavy (non-hydrogen) atoms. The molecular formula is C52H28N4OS. The lowest BCUT2D eigenvalue weighted by molar-refractivity contribution is 0.666. The van der Waals surface area contributed by atoms with Crippen LogP contribution in [0.25, 0.3) is 131 Å². The van der Waals surface area contributed by atoms with Crippen LogP contribution in [-0.4, -0.2) is 19.1 Å². The monoisotopic (exact) mass is 756 g/mol. The predicted molar refractivity (Wildman–Crippen MR) is 241 cm³/mol. The highest BCUT2D eigenvalue weighted by Crippen LogP contribution is 2.52. The molecular weight excluding hydrogens is 729 g/mol. The van der Waals surface area contributed by atoms with Gasteiger partial charge in [-0.25, -0.2) is 9.97 Å². The summed E-state index contributed by atoms with van der Waals surface area (Å²) in [6.07, 6.45) is 0. The van der Waals surface area contributed by atoms with Crippen LogP contribution in [0.15, 0.2) is 174 Å². The topological polar surface area (TPSA) is 48.8 Å². The molecule has 268 valence electrons. The average molecular weight is 757 g/mol. The minimum absolute atomic E-state index is 0.607. The lowest BCUT2D eigenvalue weighted by Gasteiger charge is -2.12. The SMILES string of the molecule is c1ccc2c(c1)-c1ccccc1-n1c3ccccc3c3cc4c(c-2c31)c1ccccc1n4-c1nc(-c2ccc3sc4ccccc4c3c2)c2oc3ccccc3c2n1. The molecule has 13 aromatic rings. The Labute approximate surface area is 334 Å². The maximum Gasteiger partial charge on any atom is 0.236 e. The number of thiophene rings is 1. The van der Waals surface area contributed by atoms with Crippen LogP contribution in [0, 0.1) is 0 Å². The minimum Gasteiger partial charge on any atom is -0.452 e. The Balaban J connectivity index is 1.16. The highest BCUT2D eigenvalue weighted by molar-refractivity contribution is 7.25. The van der Waals surface area contributed by atoms with E-state index in [0.29, 0.717) is 11.5 Å². The lowest BCUT2D eigenvalue weighted by atomic mass is 9.91. The Kier molecular flexibility index (Phi) is 5.85. The van der Waals surface area contributed by atoms with E-state index in [1.54, 1.807) is 0 Å². The van der Waals surface area contributed by atoms with Crippen LogP contribution in [0.4, 0.5) is 0 Å². The Morgan fingerprint density at radius 2 is 1.14 bits per heavy atom. The van der Waals surface area contributed by atoms with Gasteiger partial charge in [-0.2, -0.15) is 0 Å². The van der Waals surface area contributed by atoms with Gasteiger partial charge in [0.25, 0.3) is 0 Å². The number of furan rings is 1. The van der Waals surface area contributed by atoms with Crippen LogP contribution in [0.2, 0.25) is 0 Å². The summed E-state index contributed by atoms with van der Waals surface area (Å²) in [5.74, 6) is 0.607. The number of fused-ring (bicyclic) bond motifs is 18. The summed E-state index contributed by atoms with van der Waals surface area (Å²) < 4.78 is 14.0. The maximum absolute atomic E-state index is 6.67. The number of benzene rings is 8. The third-order valence-electron chi connectivity index (χ3n) is 12.3. The van der Waals surface area contributed by atoms with Crippen LogP contribution in [0.1, 0.15) is 0 Å². The van der Waals surface area contributed by atoms with E-state index >= 15 is 0 Å². The van der Waals surface area contributed by atoms with Gasteiger partial charge in [-0.1, -0.05) is 115 Å². The molecule has 0 amide bonds. The van der Waals surface area contributed by atoms with Gasteiger partial charge in [0.05, 0.1) is 27.8 Å². The van der Waals surface area contributed by atoms with Crippen molar-refractivity contribution >= 4 is 97.2 Å². The summed E-state index contributed by atoms with van der Waals surface area (Å²) in [5, 5.41) is 8.17. The van der Waals surface area contributed by atoms with E-state index in [1.807, 2.05) is 23.5 Å². The Morgan fingerprint density at radius 3 is 2.02 bits per heavy atom. The van der Waals surface area contributed by atoms with Crippen LogP contribution in [0.5, 0.6) is 0 Å². The fourth-order valence-electron chi connectivity index (χ4n) is 9.88. The van der Waals surface area contributed by atoms with Gasteiger partial charge in [0.15, 0.2) is 5.58 Å². The first-order valence-electron chi connectivity index (χ1n) is 19.6. The second kappa shape index (κ2) is 11.1. The van der Waals surface area contributed by atoms with Gasteiger partial charge < -0.3 is 8.98 Å². The highest BCUT2D eigenvalue weighted by atomic mass is 32.1. The Morgan fingerprint density at radius 1 is 0.466 bits per heavy atom. The molecule has 5 nitrogen and oxygen atoms in total. The van der Waals surface area contributed by atoms with Gasteiger partial charge in [-0.3, -0.25) is 4.57 Å². The third-order valence-corrected chi connectivity index (χ3v) is 13.4. The average Bonchev–Trinajstić information content (AvgIpc) is 4.01. The summed E-state index contributed by atoms with van der Waals surface area (Å²) in [5.41, 5.74) is 14.6. The molecule has 1 aliphatic heterocycles. The zero-order chi connectivity index (χ0) is 37.6. The molecule has 6 heteroatoms. The third kappa shape index (κ3) is 3.89. The molecule has 0 unspecified atom stereocenters. The number of hydrogen-bond acceptors (Lipinski definition) is 4. The Bertz CT molecular complexity index is 3940. The van der Waals surface area contributed by atoms with Gasteiger partial charge in [0.1, 0.15) is 16.8 Å². The van der Waals surface area contributed by atoms with E-state index in [1.165, 1.54) is 75.3 Å². The standard InChI is InChI=1S/C52H28N4OS/c1-2-17-34-30(13-1)31-14-3-8-20-39(31)55-40-21-9-4-15-32(40)38-28-42-46(47(34)50(38)55)35-18-5-10-22-41(35)56(42)52-53-48(51-49(54-52)36-19-6-11-23-43(36)57-51)29-25-26-45-37(27-29)33-16-7-12-24-44(33)58-45/h1-28H. The van der Waals surface area contributed by atoms with Gasteiger partial charge in [0.2, 0.25) is 5.95 Å². The normalized spacial score (nSPS) is 12.5. The van der Waals surface area contributed by atoms with Crippen LogP contribution >= 0.6 is 11.3 Å². The smallest absolute Gasteiger partial charge is 0.236 e. The lowest BCUT2D eigenvalue weighted by Crippen LogP contribution is -2.03. The second-order valence-electron chi connectivity index (χ2n) is 15.3.